The average Bonchev–Trinajstić information content (AvgIpc) is 2.65. The van der Waals surface area contributed by atoms with Gasteiger partial charge in [0.2, 0.25) is 10.0 Å². The molecule has 0 saturated carbocycles. The number of piperazine rings is 1. The van der Waals surface area contributed by atoms with Crippen LogP contribution in [0, 0.1) is 0 Å². The van der Waals surface area contributed by atoms with E-state index < -0.39 is 21.7 Å². The van der Waals surface area contributed by atoms with Gasteiger partial charge in [-0.05, 0) is 32.9 Å². The van der Waals surface area contributed by atoms with Crippen molar-refractivity contribution >= 4 is 26.9 Å². The highest BCUT2D eigenvalue weighted by molar-refractivity contribution is 7.89. The summed E-state index contributed by atoms with van der Waals surface area (Å²) in [5, 5.41) is 1.37. The second kappa shape index (κ2) is 7.60. The van der Waals surface area contributed by atoms with Gasteiger partial charge in [0.1, 0.15) is 11.4 Å². The molecule has 152 valence electrons. The molecule has 0 aromatic heterocycles. The molecule has 1 heterocycles. The molecule has 1 saturated heterocycles. The summed E-state index contributed by atoms with van der Waals surface area (Å²) in [4.78, 5) is 14.0. The first kappa shape index (κ1) is 20.4. The minimum atomic E-state index is -3.70. The summed E-state index contributed by atoms with van der Waals surface area (Å²) < 4.78 is 38.7. The van der Waals surface area contributed by atoms with Gasteiger partial charge in [0.25, 0.3) is 0 Å². The smallest absolute Gasteiger partial charge is 0.410 e. The van der Waals surface area contributed by atoms with Crippen LogP contribution >= 0.6 is 0 Å². The van der Waals surface area contributed by atoms with Crippen LogP contribution in [0.15, 0.2) is 41.3 Å². The standard InChI is InChI=1S/C20H26N2O5S/c1-20(2,3)27-19(23)21-11-13-22(14-12-21)28(24,25)18-10-6-7-15-16(18)8-5-9-17(15)26-4/h5-10H,11-14H2,1-4H3. The van der Waals surface area contributed by atoms with E-state index in [1.807, 2.05) is 6.07 Å². The maximum absolute atomic E-state index is 13.3. The van der Waals surface area contributed by atoms with Gasteiger partial charge in [-0.3, -0.25) is 0 Å². The minimum Gasteiger partial charge on any atom is -0.496 e. The highest BCUT2D eigenvalue weighted by Crippen LogP contribution is 2.31. The number of hydrogen-bond acceptors (Lipinski definition) is 5. The molecule has 3 rings (SSSR count). The van der Waals surface area contributed by atoms with Crippen LogP contribution in [-0.2, 0) is 14.8 Å². The highest BCUT2D eigenvalue weighted by Gasteiger charge is 2.32. The maximum atomic E-state index is 13.3. The van der Waals surface area contributed by atoms with Crippen molar-refractivity contribution in [1.29, 1.82) is 0 Å². The second-order valence-corrected chi connectivity index (χ2v) is 9.59. The fraction of sp³-hybridized carbons (Fsp3) is 0.450. The predicted molar refractivity (Wildman–Crippen MR) is 107 cm³/mol. The Kier molecular flexibility index (Phi) is 5.54. The number of amides is 1. The molecule has 8 heteroatoms. The molecule has 0 aliphatic carbocycles. The Balaban J connectivity index is 1.82. The summed E-state index contributed by atoms with van der Waals surface area (Å²) in [7, 11) is -2.14. The van der Waals surface area contributed by atoms with E-state index in [2.05, 4.69) is 0 Å². The SMILES string of the molecule is COc1cccc2c(S(=O)(=O)N3CCN(C(=O)OC(C)(C)C)CC3)cccc12. The lowest BCUT2D eigenvalue weighted by molar-refractivity contribution is 0.0192. The zero-order chi connectivity index (χ0) is 20.5. The molecule has 0 radical (unpaired) electrons. The quantitative estimate of drug-likeness (QED) is 0.783. The third-order valence-electron chi connectivity index (χ3n) is 4.57. The van der Waals surface area contributed by atoms with Crippen LogP contribution in [0.3, 0.4) is 0 Å². The lowest BCUT2D eigenvalue weighted by Crippen LogP contribution is -2.51. The van der Waals surface area contributed by atoms with Gasteiger partial charge >= 0.3 is 6.09 Å². The number of ether oxygens (including phenoxy) is 2. The first-order chi connectivity index (χ1) is 13.1. The molecule has 2 aromatic rings. The molecule has 2 aromatic carbocycles. The van der Waals surface area contributed by atoms with Crippen LogP contribution in [0.5, 0.6) is 5.75 Å². The van der Waals surface area contributed by atoms with Crippen LogP contribution in [0.2, 0.25) is 0 Å². The molecule has 1 fully saturated rings. The molecule has 28 heavy (non-hydrogen) atoms. The molecule has 0 bridgehead atoms. The topological polar surface area (TPSA) is 76.2 Å². The number of fused-ring (bicyclic) bond motifs is 1. The Bertz CT molecular complexity index is 974. The fourth-order valence-corrected chi connectivity index (χ4v) is 4.86. The third kappa shape index (κ3) is 4.07. The highest BCUT2D eigenvalue weighted by atomic mass is 32.2. The lowest BCUT2D eigenvalue weighted by atomic mass is 10.1. The molecule has 0 spiro atoms. The van der Waals surface area contributed by atoms with Gasteiger partial charge in [-0.15, -0.1) is 0 Å². The summed E-state index contributed by atoms with van der Waals surface area (Å²) in [5.74, 6) is 0.629. The van der Waals surface area contributed by atoms with Gasteiger partial charge in [-0.2, -0.15) is 4.31 Å². The summed E-state index contributed by atoms with van der Waals surface area (Å²) in [6.07, 6.45) is -0.417. The number of sulfonamides is 1. The van der Waals surface area contributed by atoms with Crippen molar-refractivity contribution in [3.63, 3.8) is 0 Å². The van der Waals surface area contributed by atoms with E-state index in [9.17, 15) is 13.2 Å². The van der Waals surface area contributed by atoms with Crippen LogP contribution in [0.1, 0.15) is 20.8 Å². The van der Waals surface area contributed by atoms with Crippen LogP contribution < -0.4 is 4.74 Å². The van der Waals surface area contributed by atoms with Crippen molar-refractivity contribution in [3.8, 4) is 5.75 Å². The minimum absolute atomic E-state index is 0.224. The number of methoxy groups -OCH3 is 1. The Hall–Kier alpha value is -2.32. The summed E-state index contributed by atoms with van der Waals surface area (Å²) >= 11 is 0. The third-order valence-corrected chi connectivity index (χ3v) is 6.53. The largest absolute Gasteiger partial charge is 0.496 e. The van der Waals surface area contributed by atoms with Gasteiger partial charge in [0.15, 0.2) is 0 Å². The molecule has 1 aliphatic heterocycles. The molecule has 1 amide bonds. The Morgan fingerprint density at radius 3 is 2.18 bits per heavy atom. The summed E-state index contributed by atoms with van der Waals surface area (Å²) in [5.41, 5.74) is -0.581. The zero-order valence-electron chi connectivity index (χ0n) is 16.6. The molecule has 1 aliphatic rings. The first-order valence-electron chi connectivity index (χ1n) is 9.17. The van der Waals surface area contributed by atoms with Crippen molar-refractivity contribution in [2.45, 2.75) is 31.3 Å². The normalized spacial score (nSPS) is 16.2. The van der Waals surface area contributed by atoms with Crippen molar-refractivity contribution in [3.05, 3.63) is 36.4 Å². The Morgan fingerprint density at radius 1 is 0.964 bits per heavy atom. The van der Waals surface area contributed by atoms with Gasteiger partial charge in [-0.1, -0.05) is 24.3 Å². The number of carbonyl (C=O) groups excluding carboxylic acids is 1. The Labute approximate surface area is 165 Å². The number of rotatable bonds is 3. The van der Waals surface area contributed by atoms with Crippen molar-refractivity contribution < 1.29 is 22.7 Å². The Morgan fingerprint density at radius 2 is 1.57 bits per heavy atom. The molecule has 0 unspecified atom stereocenters. The average molecular weight is 407 g/mol. The van der Waals surface area contributed by atoms with Crippen molar-refractivity contribution in [2.24, 2.45) is 0 Å². The molecular formula is C20H26N2O5S. The van der Waals surface area contributed by atoms with Gasteiger partial charge in [0, 0.05) is 37.0 Å². The summed E-state index contributed by atoms with van der Waals surface area (Å²) in [6.45, 7) is 6.45. The van der Waals surface area contributed by atoms with Gasteiger partial charge in [0.05, 0.1) is 12.0 Å². The van der Waals surface area contributed by atoms with E-state index in [0.29, 0.717) is 24.2 Å². The maximum Gasteiger partial charge on any atom is 0.410 e. The number of nitrogens with zero attached hydrogens (tertiary/aromatic N) is 2. The lowest BCUT2D eigenvalue weighted by Gasteiger charge is -2.35. The van der Waals surface area contributed by atoms with Gasteiger partial charge in [-0.25, -0.2) is 13.2 Å². The van der Waals surface area contributed by atoms with E-state index in [0.717, 1.165) is 5.39 Å². The van der Waals surface area contributed by atoms with Crippen molar-refractivity contribution in [2.75, 3.05) is 33.3 Å². The van der Waals surface area contributed by atoms with E-state index in [1.165, 1.54) is 4.31 Å². The number of hydrogen-bond donors (Lipinski definition) is 0. The zero-order valence-corrected chi connectivity index (χ0v) is 17.5. The second-order valence-electron chi connectivity index (χ2n) is 7.68. The monoisotopic (exact) mass is 406 g/mol. The van der Waals surface area contributed by atoms with E-state index >= 15 is 0 Å². The fourth-order valence-electron chi connectivity index (χ4n) is 3.23. The van der Waals surface area contributed by atoms with E-state index in [1.54, 1.807) is 63.1 Å². The number of carbonyl (C=O) groups is 1. The predicted octanol–water partition coefficient (Wildman–Crippen LogP) is 3.09. The summed E-state index contributed by atoms with van der Waals surface area (Å²) in [6, 6.07) is 10.5. The van der Waals surface area contributed by atoms with E-state index in [4.69, 9.17) is 9.47 Å². The molecular weight excluding hydrogens is 380 g/mol. The van der Waals surface area contributed by atoms with Crippen LogP contribution in [0.4, 0.5) is 4.79 Å². The van der Waals surface area contributed by atoms with Crippen LogP contribution in [-0.4, -0.2) is 62.6 Å². The molecule has 0 N–H and O–H groups in total. The van der Waals surface area contributed by atoms with Crippen molar-refractivity contribution in [1.82, 2.24) is 9.21 Å². The van der Waals surface area contributed by atoms with E-state index in [-0.39, 0.29) is 18.0 Å². The molecule has 0 atom stereocenters. The first-order valence-corrected chi connectivity index (χ1v) is 10.6. The number of benzene rings is 2. The van der Waals surface area contributed by atoms with Gasteiger partial charge < -0.3 is 14.4 Å². The molecule has 7 nitrogen and oxygen atoms in total. The van der Waals surface area contributed by atoms with Crippen LogP contribution in [0.25, 0.3) is 10.8 Å².